The van der Waals surface area contributed by atoms with Crippen LogP contribution in [0.15, 0.2) is 36.5 Å². The Morgan fingerprint density at radius 1 is 1.17 bits per heavy atom. The van der Waals surface area contributed by atoms with E-state index in [-0.39, 0.29) is 5.91 Å². The summed E-state index contributed by atoms with van der Waals surface area (Å²) in [6, 6.07) is 9.84. The molecule has 3 aromatic rings. The van der Waals surface area contributed by atoms with Crippen molar-refractivity contribution in [3.05, 3.63) is 53.7 Å². The van der Waals surface area contributed by atoms with Crippen LogP contribution in [0.4, 0.5) is 0 Å². The van der Waals surface area contributed by atoms with Crippen molar-refractivity contribution < 1.29 is 4.79 Å². The zero-order chi connectivity index (χ0) is 20.4. The highest BCUT2D eigenvalue weighted by Crippen LogP contribution is 2.29. The van der Waals surface area contributed by atoms with Crippen molar-refractivity contribution in [3.8, 4) is 11.3 Å². The average Bonchev–Trinajstić information content (AvgIpc) is 3.36. The van der Waals surface area contributed by atoms with Crippen molar-refractivity contribution >= 4 is 5.91 Å². The Kier molecular flexibility index (Phi) is 5.44. The van der Waals surface area contributed by atoms with Gasteiger partial charge in [-0.15, -0.1) is 10.2 Å². The molecular weight excluding hydrogens is 366 g/mol. The van der Waals surface area contributed by atoms with Crippen LogP contribution in [0, 0.1) is 0 Å². The fourth-order valence-electron chi connectivity index (χ4n) is 3.94. The van der Waals surface area contributed by atoms with E-state index in [0.29, 0.717) is 24.6 Å². The number of likely N-dealkylation sites (tertiary alicyclic amines) is 1. The Bertz CT molecular complexity index is 968. The molecule has 0 radical (unpaired) electrons. The topological polar surface area (TPSA) is 82.9 Å². The lowest BCUT2D eigenvalue weighted by atomic mass is 9.95. The molecule has 0 unspecified atom stereocenters. The molecular formula is C21H27N7O. The molecule has 0 atom stereocenters. The van der Waals surface area contributed by atoms with E-state index >= 15 is 0 Å². The first kappa shape index (κ1) is 19.3. The summed E-state index contributed by atoms with van der Waals surface area (Å²) < 4.78 is 2.10. The predicted molar refractivity (Wildman–Crippen MR) is 110 cm³/mol. The predicted octanol–water partition coefficient (Wildman–Crippen LogP) is 2.29. The third-order valence-corrected chi connectivity index (χ3v) is 5.54. The number of nitrogens with one attached hydrogen (secondary N) is 1. The van der Waals surface area contributed by atoms with E-state index in [2.05, 4.69) is 29.9 Å². The molecule has 8 nitrogen and oxygen atoms in total. The Morgan fingerprint density at radius 2 is 1.90 bits per heavy atom. The largest absolute Gasteiger partial charge is 0.338 e. The summed E-state index contributed by atoms with van der Waals surface area (Å²) in [6.07, 6.45) is 3.41. The summed E-state index contributed by atoms with van der Waals surface area (Å²) >= 11 is 0. The van der Waals surface area contributed by atoms with Gasteiger partial charge in [-0.1, -0.05) is 30.3 Å². The number of amides is 1. The maximum Gasteiger partial charge on any atom is 0.257 e. The molecule has 152 valence electrons. The lowest BCUT2D eigenvalue weighted by molar-refractivity contribution is 0.0711. The third-order valence-electron chi connectivity index (χ3n) is 5.54. The second-order valence-electron chi connectivity index (χ2n) is 7.86. The minimum Gasteiger partial charge on any atom is -0.338 e. The van der Waals surface area contributed by atoms with Crippen LogP contribution >= 0.6 is 0 Å². The molecule has 0 bridgehead atoms. The number of carbonyl (C=O) groups is 1. The van der Waals surface area contributed by atoms with Gasteiger partial charge in [-0.25, -0.2) is 0 Å². The van der Waals surface area contributed by atoms with Crippen LogP contribution in [0.2, 0.25) is 0 Å². The Balaban J connectivity index is 1.44. The lowest BCUT2D eigenvalue weighted by Gasteiger charge is -2.31. The molecule has 1 N–H and O–H groups in total. The highest BCUT2D eigenvalue weighted by molar-refractivity contribution is 5.99. The van der Waals surface area contributed by atoms with Gasteiger partial charge in [0.2, 0.25) is 0 Å². The molecule has 0 spiro atoms. The molecule has 1 aromatic carbocycles. The van der Waals surface area contributed by atoms with Gasteiger partial charge in [0.25, 0.3) is 5.91 Å². The van der Waals surface area contributed by atoms with Crippen molar-refractivity contribution in [1.82, 2.24) is 34.8 Å². The number of hydrogen-bond acceptors (Lipinski definition) is 5. The summed E-state index contributed by atoms with van der Waals surface area (Å²) in [4.78, 5) is 17.1. The van der Waals surface area contributed by atoms with E-state index in [0.717, 1.165) is 42.3 Å². The Morgan fingerprint density at radius 3 is 2.59 bits per heavy atom. The summed E-state index contributed by atoms with van der Waals surface area (Å²) in [5.74, 6) is 2.34. The number of hydrogen-bond donors (Lipinski definition) is 1. The molecule has 1 aliphatic heterocycles. The van der Waals surface area contributed by atoms with Crippen LogP contribution in [0.25, 0.3) is 11.3 Å². The van der Waals surface area contributed by atoms with E-state index in [1.807, 2.05) is 56.4 Å². The minimum atomic E-state index is 0.0299. The molecule has 1 aliphatic rings. The highest BCUT2D eigenvalue weighted by atomic mass is 16.2. The fourth-order valence-corrected chi connectivity index (χ4v) is 3.94. The monoisotopic (exact) mass is 393 g/mol. The number of benzene rings is 1. The van der Waals surface area contributed by atoms with E-state index in [9.17, 15) is 4.79 Å². The number of aromatic amines is 1. The van der Waals surface area contributed by atoms with Crippen LogP contribution in [0.5, 0.6) is 0 Å². The fraction of sp³-hybridized carbons (Fsp3) is 0.429. The van der Waals surface area contributed by atoms with Gasteiger partial charge in [0.05, 0.1) is 24.0 Å². The molecule has 1 amide bonds. The van der Waals surface area contributed by atoms with Gasteiger partial charge in [-0.2, -0.15) is 5.10 Å². The normalized spacial score (nSPS) is 15.2. The molecule has 8 heteroatoms. The summed E-state index contributed by atoms with van der Waals surface area (Å²) in [5.41, 5.74) is 2.37. The third kappa shape index (κ3) is 3.93. The molecule has 29 heavy (non-hydrogen) atoms. The summed E-state index contributed by atoms with van der Waals surface area (Å²) in [5, 5.41) is 15.9. The lowest BCUT2D eigenvalue weighted by Crippen LogP contribution is -2.38. The van der Waals surface area contributed by atoms with Crippen molar-refractivity contribution in [2.45, 2.75) is 25.3 Å². The molecule has 4 rings (SSSR count). The second-order valence-corrected chi connectivity index (χ2v) is 7.86. The molecule has 1 saturated heterocycles. The van der Waals surface area contributed by atoms with Gasteiger partial charge in [-0.05, 0) is 26.9 Å². The number of H-pyrrole nitrogens is 1. The maximum absolute atomic E-state index is 13.1. The zero-order valence-electron chi connectivity index (χ0n) is 17.2. The molecule has 0 saturated carbocycles. The number of carbonyl (C=O) groups excluding carboxylic acids is 1. The van der Waals surface area contributed by atoms with Gasteiger partial charge in [-0.3, -0.25) is 9.89 Å². The van der Waals surface area contributed by atoms with Crippen LogP contribution in [-0.2, 0) is 13.6 Å². The van der Waals surface area contributed by atoms with Gasteiger partial charge in [0.15, 0.2) is 0 Å². The molecule has 1 fully saturated rings. The van der Waals surface area contributed by atoms with Gasteiger partial charge >= 0.3 is 0 Å². The minimum absolute atomic E-state index is 0.0299. The first-order chi connectivity index (χ1) is 14.0. The summed E-state index contributed by atoms with van der Waals surface area (Å²) in [7, 11) is 6.08. The van der Waals surface area contributed by atoms with E-state index in [4.69, 9.17) is 0 Å². The molecule has 0 aliphatic carbocycles. The maximum atomic E-state index is 13.1. The number of rotatable bonds is 5. The molecule has 3 heterocycles. The number of nitrogens with zero attached hydrogens (tertiary/aromatic N) is 6. The SMILES string of the molecule is CN(C)Cc1nnc(C2CCN(C(=O)c3cn[nH]c3-c3ccccc3)CC2)n1C. The van der Waals surface area contributed by atoms with Crippen LogP contribution < -0.4 is 0 Å². The Hall–Kier alpha value is -3.00. The Labute approximate surface area is 170 Å². The summed E-state index contributed by atoms with van der Waals surface area (Å²) in [6.45, 7) is 2.18. The second kappa shape index (κ2) is 8.16. The van der Waals surface area contributed by atoms with Crippen LogP contribution in [0.3, 0.4) is 0 Å². The quantitative estimate of drug-likeness (QED) is 0.719. The smallest absolute Gasteiger partial charge is 0.257 e. The van der Waals surface area contributed by atoms with E-state index in [1.54, 1.807) is 6.20 Å². The first-order valence-corrected chi connectivity index (χ1v) is 9.95. The zero-order valence-corrected chi connectivity index (χ0v) is 17.2. The average molecular weight is 393 g/mol. The van der Waals surface area contributed by atoms with E-state index in [1.165, 1.54) is 0 Å². The van der Waals surface area contributed by atoms with Crippen molar-refractivity contribution in [2.24, 2.45) is 7.05 Å². The standard InChI is InChI=1S/C21H27N7O/c1-26(2)14-18-23-25-20(27(18)3)16-9-11-28(12-10-16)21(29)17-13-22-24-19(17)15-7-5-4-6-8-15/h4-8,13,16H,9-12,14H2,1-3H3,(H,22,24). The van der Waals surface area contributed by atoms with Gasteiger partial charge in [0.1, 0.15) is 11.6 Å². The van der Waals surface area contributed by atoms with Gasteiger partial charge in [0, 0.05) is 31.6 Å². The van der Waals surface area contributed by atoms with Crippen molar-refractivity contribution in [2.75, 3.05) is 27.2 Å². The first-order valence-electron chi connectivity index (χ1n) is 9.95. The highest BCUT2D eigenvalue weighted by Gasteiger charge is 2.29. The van der Waals surface area contributed by atoms with Crippen molar-refractivity contribution in [1.29, 1.82) is 0 Å². The number of piperidine rings is 1. The van der Waals surface area contributed by atoms with Crippen LogP contribution in [-0.4, -0.2) is 67.9 Å². The van der Waals surface area contributed by atoms with Crippen LogP contribution in [0.1, 0.15) is 40.8 Å². The molecule has 2 aromatic heterocycles. The van der Waals surface area contributed by atoms with Crippen molar-refractivity contribution in [3.63, 3.8) is 0 Å². The van der Waals surface area contributed by atoms with E-state index < -0.39 is 0 Å². The number of aromatic nitrogens is 5. The van der Waals surface area contributed by atoms with Gasteiger partial charge < -0.3 is 14.4 Å².